The van der Waals surface area contributed by atoms with Crippen molar-refractivity contribution >= 4 is 15.9 Å². The number of nitrogens with one attached hydrogen (secondary N) is 1. The van der Waals surface area contributed by atoms with Crippen molar-refractivity contribution in [3.63, 3.8) is 0 Å². The zero-order valence-corrected chi connectivity index (χ0v) is 12.7. The minimum atomic E-state index is 0.846. The second-order valence-electron chi connectivity index (χ2n) is 4.48. The summed E-state index contributed by atoms with van der Waals surface area (Å²) < 4.78 is 2.80. The van der Waals surface area contributed by atoms with Crippen molar-refractivity contribution in [2.24, 2.45) is 0 Å². The van der Waals surface area contributed by atoms with E-state index in [4.69, 9.17) is 0 Å². The first-order valence-electron chi connectivity index (χ1n) is 6.66. The highest BCUT2D eigenvalue weighted by Crippen LogP contribution is 2.11. The van der Waals surface area contributed by atoms with Gasteiger partial charge < -0.3 is 5.32 Å². The average molecular weight is 323 g/mol. The van der Waals surface area contributed by atoms with Crippen molar-refractivity contribution in [1.82, 2.24) is 20.1 Å². The maximum absolute atomic E-state index is 4.35. The van der Waals surface area contributed by atoms with Gasteiger partial charge >= 0.3 is 0 Å². The van der Waals surface area contributed by atoms with E-state index in [0.717, 1.165) is 36.2 Å². The van der Waals surface area contributed by atoms with Gasteiger partial charge in [0.25, 0.3) is 0 Å². The van der Waals surface area contributed by atoms with Crippen LogP contribution in [-0.4, -0.2) is 27.9 Å². The smallest absolute Gasteiger partial charge is 0.153 e. The summed E-state index contributed by atoms with van der Waals surface area (Å²) in [6.07, 6.45) is 9.13. The van der Waals surface area contributed by atoms with Crippen molar-refractivity contribution in [2.75, 3.05) is 13.1 Å². The van der Waals surface area contributed by atoms with E-state index in [2.05, 4.69) is 44.4 Å². The first-order valence-corrected chi connectivity index (χ1v) is 7.45. The summed E-state index contributed by atoms with van der Waals surface area (Å²) in [7, 11) is 0. The molecule has 102 valence electrons. The molecule has 4 nitrogen and oxygen atoms in total. The molecule has 0 aliphatic heterocycles. The number of pyridine rings is 1. The minimum Gasteiger partial charge on any atom is -0.317 e. The monoisotopic (exact) mass is 322 g/mol. The first kappa shape index (κ1) is 14.2. The molecule has 0 amide bonds. The Morgan fingerprint density at radius 2 is 2.16 bits per heavy atom. The van der Waals surface area contributed by atoms with E-state index in [1.165, 1.54) is 12.0 Å². The van der Waals surface area contributed by atoms with E-state index in [-0.39, 0.29) is 0 Å². The molecule has 19 heavy (non-hydrogen) atoms. The van der Waals surface area contributed by atoms with Gasteiger partial charge in [-0.25, -0.2) is 9.67 Å². The highest BCUT2D eigenvalue weighted by molar-refractivity contribution is 9.10. The van der Waals surface area contributed by atoms with Gasteiger partial charge in [-0.15, -0.1) is 0 Å². The molecule has 1 N–H and O–H groups in total. The Morgan fingerprint density at radius 1 is 1.26 bits per heavy atom. The number of aryl methyl sites for hydroxylation is 1. The number of rotatable bonds is 7. The molecule has 2 rings (SSSR count). The molecule has 0 saturated heterocycles. The largest absolute Gasteiger partial charge is 0.317 e. The Hall–Kier alpha value is -1.20. The summed E-state index contributed by atoms with van der Waals surface area (Å²) >= 11 is 3.38. The predicted molar refractivity (Wildman–Crippen MR) is 80.5 cm³/mol. The van der Waals surface area contributed by atoms with E-state index in [1.54, 1.807) is 6.20 Å². The fourth-order valence-electron chi connectivity index (χ4n) is 1.84. The fourth-order valence-corrected chi connectivity index (χ4v) is 2.07. The third kappa shape index (κ3) is 4.44. The Morgan fingerprint density at radius 3 is 2.89 bits per heavy atom. The third-order valence-corrected chi connectivity index (χ3v) is 3.30. The molecule has 0 aliphatic rings. The van der Waals surface area contributed by atoms with Gasteiger partial charge in [0.1, 0.15) is 0 Å². The van der Waals surface area contributed by atoms with E-state index in [0.29, 0.717) is 0 Å². The predicted octanol–water partition coefficient (Wildman–Crippen LogP) is 2.96. The molecule has 0 spiro atoms. The summed E-state index contributed by atoms with van der Waals surface area (Å²) in [5, 5.41) is 7.75. The lowest BCUT2D eigenvalue weighted by molar-refractivity contribution is 0.640. The number of halogens is 1. The topological polar surface area (TPSA) is 42.7 Å². The van der Waals surface area contributed by atoms with Crippen molar-refractivity contribution in [2.45, 2.75) is 26.2 Å². The Kier molecular flexibility index (Phi) is 5.54. The van der Waals surface area contributed by atoms with Gasteiger partial charge in [-0.3, -0.25) is 0 Å². The van der Waals surface area contributed by atoms with Gasteiger partial charge in [0.2, 0.25) is 0 Å². The van der Waals surface area contributed by atoms with Crippen LogP contribution in [0.25, 0.3) is 5.82 Å². The summed E-state index contributed by atoms with van der Waals surface area (Å²) in [5.74, 6) is 0.846. The van der Waals surface area contributed by atoms with Crippen LogP contribution in [0.15, 0.2) is 35.2 Å². The van der Waals surface area contributed by atoms with Crippen LogP contribution >= 0.6 is 15.9 Å². The summed E-state index contributed by atoms with van der Waals surface area (Å²) in [6, 6.07) is 3.92. The van der Waals surface area contributed by atoms with Gasteiger partial charge in [-0.05, 0) is 66.0 Å². The van der Waals surface area contributed by atoms with Crippen LogP contribution in [0.3, 0.4) is 0 Å². The summed E-state index contributed by atoms with van der Waals surface area (Å²) in [5.41, 5.74) is 1.25. The molecule has 0 atom stereocenters. The maximum atomic E-state index is 4.35. The molecule has 0 fully saturated rings. The molecule has 0 aromatic carbocycles. The van der Waals surface area contributed by atoms with Gasteiger partial charge in [0.05, 0.1) is 6.20 Å². The quantitative estimate of drug-likeness (QED) is 0.797. The highest BCUT2D eigenvalue weighted by Gasteiger charge is 2.02. The molecule has 2 heterocycles. The summed E-state index contributed by atoms with van der Waals surface area (Å²) in [6.45, 7) is 4.35. The van der Waals surface area contributed by atoms with Crippen LogP contribution in [0.2, 0.25) is 0 Å². The van der Waals surface area contributed by atoms with Crippen LogP contribution in [0.1, 0.15) is 25.3 Å². The number of aromatic nitrogens is 3. The normalized spacial score (nSPS) is 10.8. The minimum absolute atomic E-state index is 0.846. The van der Waals surface area contributed by atoms with Crippen LogP contribution < -0.4 is 5.32 Å². The molecular formula is C14H19BrN4. The van der Waals surface area contributed by atoms with Crippen LogP contribution in [0.5, 0.6) is 0 Å². The SMILES string of the molecule is CCCNCCCc1cnn(-c2ccc(Br)cn2)c1. The second-order valence-corrected chi connectivity index (χ2v) is 5.40. The van der Waals surface area contributed by atoms with Crippen molar-refractivity contribution in [3.05, 3.63) is 40.8 Å². The highest BCUT2D eigenvalue weighted by atomic mass is 79.9. The first-order chi connectivity index (χ1) is 9.29. The standard InChI is InChI=1S/C14H19BrN4/c1-2-7-16-8-3-4-12-9-18-19(11-12)14-6-5-13(15)10-17-14/h5-6,9-11,16H,2-4,7-8H2,1H3. The summed E-state index contributed by atoms with van der Waals surface area (Å²) in [4.78, 5) is 4.32. The zero-order chi connectivity index (χ0) is 13.5. The van der Waals surface area contributed by atoms with Crippen LogP contribution in [0.4, 0.5) is 0 Å². The molecule has 0 aliphatic carbocycles. The molecule has 0 radical (unpaired) electrons. The molecule has 0 bridgehead atoms. The van der Waals surface area contributed by atoms with Gasteiger partial charge in [0, 0.05) is 16.9 Å². The van der Waals surface area contributed by atoms with Gasteiger partial charge in [0.15, 0.2) is 5.82 Å². The molecule has 2 aromatic rings. The van der Waals surface area contributed by atoms with Crippen LogP contribution in [-0.2, 0) is 6.42 Å². The number of hydrogen-bond donors (Lipinski definition) is 1. The Balaban J connectivity index is 1.86. The third-order valence-electron chi connectivity index (χ3n) is 2.83. The molecule has 5 heteroatoms. The average Bonchev–Trinajstić information content (AvgIpc) is 2.88. The molecule has 0 unspecified atom stereocenters. The van der Waals surface area contributed by atoms with E-state index in [1.807, 2.05) is 23.0 Å². The van der Waals surface area contributed by atoms with E-state index < -0.39 is 0 Å². The van der Waals surface area contributed by atoms with E-state index in [9.17, 15) is 0 Å². The maximum Gasteiger partial charge on any atom is 0.153 e. The van der Waals surface area contributed by atoms with Gasteiger partial charge in [-0.2, -0.15) is 5.10 Å². The molecular weight excluding hydrogens is 304 g/mol. The van der Waals surface area contributed by atoms with Crippen molar-refractivity contribution in [3.8, 4) is 5.82 Å². The van der Waals surface area contributed by atoms with E-state index >= 15 is 0 Å². The fraction of sp³-hybridized carbons (Fsp3) is 0.429. The molecule has 2 aromatic heterocycles. The van der Waals surface area contributed by atoms with Crippen LogP contribution in [0, 0.1) is 0 Å². The zero-order valence-electron chi connectivity index (χ0n) is 11.1. The Labute approximate surface area is 122 Å². The lowest BCUT2D eigenvalue weighted by Crippen LogP contribution is -2.16. The molecule has 0 saturated carbocycles. The second kappa shape index (κ2) is 7.40. The van der Waals surface area contributed by atoms with Crippen molar-refractivity contribution < 1.29 is 0 Å². The number of hydrogen-bond acceptors (Lipinski definition) is 3. The Bertz CT molecular complexity index is 492. The lowest BCUT2D eigenvalue weighted by Gasteiger charge is -2.01. The number of nitrogens with zero attached hydrogens (tertiary/aromatic N) is 3. The lowest BCUT2D eigenvalue weighted by atomic mass is 10.2. The van der Waals surface area contributed by atoms with Crippen molar-refractivity contribution in [1.29, 1.82) is 0 Å². The van der Waals surface area contributed by atoms with Gasteiger partial charge in [-0.1, -0.05) is 6.92 Å².